The topological polar surface area (TPSA) is 101 Å². The van der Waals surface area contributed by atoms with Crippen LogP contribution in [0.2, 0.25) is 0 Å². The summed E-state index contributed by atoms with van der Waals surface area (Å²) in [5.41, 5.74) is -5.63. The third-order valence-electron chi connectivity index (χ3n) is 4.84. The minimum atomic E-state index is -5.16. The first-order valence-corrected chi connectivity index (χ1v) is 11.7. The molecule has 176 valence electrons. The Morgan fingerprint density at radius 1 is 1.23 bits per heavy atom. The molecule has 2 atom stereocenters. The summed E-state index contributed by atoms with van der Waals surface area (Å²) >= 11 is 0.301. The lowest BCUT2D eigenvalue weighted by atomic mass is 9.91. The van der Waals surface area contributed by atoms with Gasteiger partial charge in [0, 0.05) is 11.8 Å². The van der Waals surface area contributed by atoms with Crippen molar-refractivity contribution < 1.29 is 44.8 Å². The molecule has 0 aromatic heterocycles. The first-order valence-electron chi connectivity index (χ1n) is 8.65. The van der Waals surface area contributed by atoms with Crippen LogP contribution in [0.15, 0.2) is 12.1 Å². The molecule has 0 spiro atoms. The van der Waals surface area contributed by atoms with E-state index >= 15 is 0 Å². The predicted octanol–water partition coefficient (Wildman–Crippen LogP) is 3.74. The molecule has 0 bridgehead atoms. The Morgan fingerprint density at radius 3 is 2.23 bits per heavy atom. The standard InChI is InChI=1S/C16H18F6N2O5S2/c1-3-14(25,7-30-8-15(17,18)19)13-5-9-4-12(24(26)27)10(16(20,21)22)6-11(9)23(13)31(2,28)29/h4,6,13,25H,3,5,7-8H2,1-2H3. The van der Waals surface area contributed by atoms with Crippen LogP contribution in [0.4, 0.5) is 37.7 Å². The van der Waals surface area contributed by atoms with E-state index in [1.54, 1.807) is 0 Å². The van der Waals surface area contributed by atoms with Crippen LogP contribution in [0.25, 0.3) is 0 Å². The van der Waals surface area contributed by atoms with Gasteiger partial charge in [0.2, 0.25) is 10.0 Å². The lowest BCUT2D eigenvalue weighted by molar-refractivity contribution is -0.388. The second-order valence-electron chi connectivity index (χ2n) is 7.10. The number of thioether (sulfide) groups is 1. The van der Waals surface area contributed by atoms with E-state index in [0.717, 1.165) is 0 Å². The van der Waals surface area contributed by atoms with Gasteiger partial charge in [-0.05, 0) is 24.5 Å². The number of alkyl halides is 6. The molecular weight excluding hydrogens is 478 g/mol. The fraction of sp³-hybridized carbons (Fsp3) is 0.625. The highest BCUT2D eigenvalue weighted by molar-refractivity contribution is 7.99. The number of hydrogen-bond acceptors (Lipinski definition) is 6. The van der Waals surface area contributed by atoms with E-state index in [0.29, 0.717) is 34.5 Å². The highest BCUT2D eigenvalue weighted by atomic mass is 32.2. The molecule has 0 aliphatic carbocycles. The molecule has 1 heterocycles. The van der Waals surface area contributed by atoms with E-state index in [1.165, 1.54) is 6.92 Å². The van der Waals surface area contributed by atoms with Gasteiger partial charge in [-0.2, -0.15) is 26.3 Å². The van der Waals surface area contributed by atoms with E-state index in [4.69, 9.17) is 0 Å². The minimum absolute atomic E-state index is 0.136. The Labute approximate surface area is 177 Å². The molecule has 0 fully saturated rings. The molecule has 7 nitrogen and oxygen atoms in total. The first-order chi connectivity index (χ1) is 13.9. The maximum Gasteiger partial charge on any atom is 0.423 e. The first kappa shape index (κ1) is 25.5. The molecule has 2 rings (SSSR count). The zero-order valence-electron chi connectivity index (χ0n) is 16.1. The number of anilines is 1. The fourth-order valence-electron chi connectivity index (χ4n) is 3.42. The molecule has 0 amide bonds. The molecule has 1 aliphatic rings. The Hall–Kier alpha value is -1.74. The Bertz CT molecular complexity index is 966. The van der Waals surface area contributed by atoms with Crippen molar-refractivity contribution in [3.63, 3.8) is 0 Å². The van der Waals surface area contributed by atoms with Crippen molar-refractivity contribution in [3.8, 4) is 0 Å². The average Bonchev–Trinajstić information content (AvgIpc) is 2.98. The van der Waals surface area contributed by atoms with Crippen molar-refractivity contribution in [2.24, 2.45) is 0 Å². The van der Waals surface area contributed by atoms with E-state index in [9.17, 15) is 50.0 Å². The van der Waals surface area contributed by atoms with Crippen LogP contribution in [0.1, 0.15) is 24.5 Å². The zero-order chi connectivity index (χ0) is 24.0. The third kappa shape index (κ3) is 5.55. The van der Waals surface area contributed by atoms with E-state index in [-0.39, 0.29) is 12.0 Å². The van der Waals surface area contributed by atoms with E-state index < -0.39 is 73.8 Å². The molecule has 0 saturated carbocycles. The molecule has 31 heavy (non-hydrogen) atoms. The number of nitro groups is 1. The van der Waals surface area contributed by atoms with Gasteiger partial charge >= 0.3 is 12.4 Å². The molecule has 1 N–H and O–H groups in total. The van der Waals surface area contributed by atoms with Gasteiger partial charge in [0.05, 0.1) is 34.3 Å². The van der Waals surface area contributed by atoms with Gasteiger partial charge in [0.15, 0.2) is 0 Å². The van der Waals surface area contributed by atoms with Crippen LogP contribution in [-0.4, -0.2) is 54.0 Å². The number of hydrogen-bond donors (Lipinski definition) is 1. The summed E-state index contributed by atoms with van der Waals surface area (Å²) in [6.07, 6.45) is -9.66. The normalized spacial score (nSPS) is 19.3. The number of sulfonamides is 1. The molecule has 1 aromatic carbocycles. The van der Waals surface area contributed by atoms with Crippen LogP contribution in [0.3, 0.4) is 0 Å². The van der Waals surface area contributed by atoms with Crippen molar-refractivity contribution in [2.45, 2.75) is 43.8 Å². The highest BCUT2D eigenvalue weighted by Gasteiger charge is 2.50. The maximum absolute atomic E-state index is 13.3. The maximum atomic E-state index is 13.3. The van der Waals surface area contributed by atoms with Gasteiger partial charge in [-0.3, -0.25) is 14.4 Å². The number of halogens is 6. The number of nitro benzene ring substituents is 1. The molecule has 0 radical (unpaired) electrons. The lowest BCUT2D eigenvalue weighted by Crippen LogP contribution is -2.55. The van der Waals surface area contributed by atoms with Gasteiger partial charge in [-0.15, -0.1) is 11.8 Å². The second-order valence-corrected chi connectivity index (χ2v) is 9.94. The van der Waals surface area contributed by atoms with Gasteiger partial charge in [-0.1, -0.05) is 6.92 Å². The summed E-state index contributed by atoms with van der Waals surface area (Å²) in [7, 11) is -4.30. The summed E-state index contributed by atoms with van der Waals surface area (Å²) in [5, 5.41) is 22.1. The fourth-order valence-corrected chi connectivity index (χ4v) is 5.77. The van der Waals surface area contributed by atoms with Crippen molar-refractivity contribution in [3.05, 3.63) is 33.4 Å². The Balaban J connectivity index is 2.58. The number of nitrogens with zero attached hydrogens (tertiary/aromatic N) is 2. The molecule has 1 aliphatic heterocycles. The lowest BCUT2D eigenvalue weighted by Gasteiger charge is -2.38. The molecule has 1 aromatic rings. The molecular formula is C16H18F6N2O5S2. The van der Waals surface area contributed by atoms with Crippen LogP contribution in [-0.2, 0) is 22.6 Å². The van der Waals surface area contributed by atoms with Crippen molar-refractivity contribution in [1.29, 1.82) is 0 Å². The van der Waals surface area contributed by atoms with Crippen LogP contribution >= 0.6 is 11.8 Å². The van der Waals surface area contributed by atoms with Gasteiger partial charge in [0.1, 0.15) is 5.56 Å². The van der Waals surface area contributed by atoms with Gasteiger partial charge < -0.3 is 5.11 Å². The van der Waals surface area contributed by atoms with Crippen molar-refractivity contribution in [1.82, 2.24) is 0 Å². The van der Waals surface area contributed by atoms with E-state index in [1.807, 2.05) is 0 Å². The molecule has 2 unspecified atom stereocenters. The zero-order valence-corrected chi connectivity index (χ0v) is 17.8. The summed E-state index contributed by atoms with van der Waals surface area (Å²) in [4.78, 5) is 9.87. The predicted molar refractivity (Wildman–Crippen MR) is 102 cm³/mol. The second kappa shape index (κ2) is 8.31. The summed E-state index contributed by atoms with van der Waals surface area (Å²) < 4.78 is 103. The monoisotopic (exact) mass is 496 g/mol. The smallest absolute Gasteiger partial charge is 0.387 e. The summed E-state index contributed by atoms with van der Waals surface area (Å²) in [5.74, 6) is -1.88. The van der Waals surface area contributed by atoms with Crippen LogP contribution < -0.4 is 4.31 Å². The Morgan fingerprint density at radius 2 is 1.81 bits per heavy atom. The Kier molecular flexibility index (Phi) is 6.84. The number of rotatable bonds is 7. The highest BCUT2D eigenvalue weighted by Crippen LogP contribution is 2.46. The van der Waals surface area contributed by atoms with Gasteiger partial charge in [-0.25, -0.2) is 8.42 Å². The number of fused-ring (bicyclic) bond motifs is 1. The van der Waals surface area contributed by atoms with Crippen molar-refractivity contribution in [2.75, 3.05) is 22.1 Å². The summed E-state index contributed by atoms with van der Waals surface area (Å²) in [6, 6.07) is -0.519. The number of benzene rings is 1. The SMILES string of the molecule is CCC(O)(CSCC(F)(F)F)C1Cc2cc([N+](=O)[O-])c(C(F)(F)F)cc2N1S(C)(=O)=O. The van der Waals surface area contributed by atoms with Crippen molar-refractivity contribution >= 4 is 33.2 Å². The quantitative estimate of drug-likeness (QED) is 0.351. The van der Waals surface area contributed by atoms with Gasteiger partial charge in [0.25, 0.3) is 5.69 Å². The van der Waals surface area contributed by atoms with E-state index in [2.05, 4.69) is 0 Å². The largest absolute Gasteiger partial charge is 0.423 e. The molecule has 15 heteroatoms. The van der Waals surface area contributed by atoms with Crippen LogP contribution in [0, 0.1) is 10.1 Å². The summed E-state index contributed by atoms with van der Waals surface area (Å²) in [6.45, 7) is 1.39. The minimum Gasteiger partial charge on any atom is -0.387 e. The molecule has 0 saturated heterocycles. The number of aliphatic hydroxyl groups is 1. The average molecular weight is 496 g/mol. The third-order valence-corrected chi connectivity index (χ3v) is 7.24. The van der Waals surface area contributed by atoms with Crippen LogP contribution in [0.5, 0.6) is 0 Å².